The van der Waals surface area contributed by atoms with Crippen molar-refractivity contribution in [2.24, 2.45) is 0 Å². The maximum absolute atomic E-state index is 13.2. The van der Waals surface area contributed by atoms with E-state index < -0.39 is 360 Å². The third-order valence-corrected chi connectivity index (χ3v) is 21.9. The first-order valence-electron chi connectivity index (χ1n) is 30.4. The first-order chi connectivity index (χ1) is 56.8. The molecule has 5 aliphatic heterocycles. The molecular weight excluding hydrogens is 2510 g/mol. The SMILES string of the molecule is O=S(=O)([O-])OC[C@H]1O[C@H](OCc2ccccc2)[C@@H](O[C@H]2O[C@H](COS(=O)(=O)[O-])[C@@H](OS(=O)(=O)[O-])[C@H](O[C@H]3O[C@H](COS(=O)(=O)[O-])[C@@H](OS(=O)(=O)[O-])[C@H](O[C@H]4O[C@H](COS(=O)(=O)[O-])[C@@H](OS(=O)(=O)[O-])[C@H](O[C@H]5O[C@H](COS(=O)(=O)[O-])[C@@H](OS(=O)(=O)[O-])[C@H](OS(=O)(=O)[O-])[C@@H]5OS(=O)(=O)[O-])[C@@H]4OS(=O)(=O)[O-])[C@@H]3OS(=O)(=O)[O-])[C@@H]2OS(=O)(=O)[O-])[C@@H](OS(=O)(=O)[O-])[C@@H]1OS(=O)(=O)[O-].[Na+].[Na+].[Na+].[Na+].[Na+].[Na+].[Na+].[Na+].[Na+].[Na+].[Na+].[Na+].[Na+].[Na+].[Na+].[Na+]. The van der Waals surface area contributed by atoms with E-state index in [4.69, 9.17) is 47.4 Å². The molecule has 5 heterocycles. The minimum absolute atomic E-state index is 0. The second kappa shape index (κ2) is 73.1. The molecule has 6 rings (SSSR count). The van der Waals surface area contributed by atoms with Crippen LogP contribution in [0.25, 0.3) is 0 Å². The van der Waals surface area contributed by atoms with Gasteiger partial charge in [-0.15, -0.1) is 0 Å². The molecule has 25 atom stereocenters. The first-order valence-corrected chi connectivity index (χ1v) is 51.8. The smallest absolute Gasteiger partial charge is 0.726 e. The van der Waals surface area contributed by atoms with Crippen LogP contribution in [-0.4, -0.2) is 394 Å². The Labute approximate surface area is 1170 Å². The van der Waals surface area contributed by atoms with E-state index in [2.05, 4.69) is 66.9 Å². The zero-order valence-electron chi connectivity index (χ0n) is 74.8. The standard InChI is InChI=1S/C37H58O74S16.16Na/c38-112(39,40)87-7-13-18(101-117(53,54)55)23(97-35-30(109-125(77,78)79)24(19(102-118(56,57)58)14(94-35)8-88-113(41,42)43)99-37-32(111-127(83,84)85)27(107-123(71,72)73)22(105-121(65,66)67)17(96-37)11-91-116(50,51)52)29(108-124(74,75)76)34(93-13)98-25-20(103-119(59,60)61)15(9-89-114(44,45)46)95-36(31(25)110-126(80,81)82)100-28-26(106-122(68,69)70)21(104-120(62,63)64)16(10-90-115(47,48)49)92-33(28)86-6-12-4-2-1-3-5-12;;;;;;;;;;;;;;;;/h1-5,13-37H,6-11H2,(H,38,39,40)(H,41,42,43)(H,44,45,46)(H,47,48,49)(H,50,51,52)(H,53,54,55)(H,56,57,58)(H,59,60,61)(H,62,63,64)(H,65,66,67)(H,68,69,70)(H,71,72,73)(H,74,75,76)(H,77,78,79)(H,80,81,82)(H,83,84,85);;;;;;;;;;;;;;;;/q;16*+1/p-16/t13-,14-,15-,16-,17-,18-,19-,20-,21-,22-,23+,24+,25+,26+,27+,28+,29+,30+,31+,32+,33+,34-,35-,36-,37-;;;;;;;;;;;;;;;;/m1................/s1. The fourth-order valence-electron chi connectivity index (χ4n) is 11.1. The first kappa shape index (κ1) is 178. The van der Waals surface area contributed by atoms with E-state index in [9.17, 15) is 208 Å². The van der Waals surface area contributed by atoms with Crippen LogP contribution in [0.4, 0.5) is 0 Å². The third-order valence-electron chi connectivity index (χ3n) is 14.8. The average molecular weight is 2550 g/mol. The van der Waals surface area contributed by atoms with Crippen molar-refractivity contribution in [1.29, 1.82) is 0 Å². The molecule has 106 heteroatoms. The minimum atomic E-state index is -7.47. The van der Waals surface area contributed by atoms with Gasteiger partial charge >= 0.3 is 473 Å². The summed E-state index contributed by atoms with van der Waals surface area (Å²) < 4.78 is 716. The van der Waals surface area contributed by atoms with Crippen LogP contribution in [-0.2, 0) is 287 Å². The Hall–Kier alpha value is 12.7. The van der Waals surface area contributed by atoms with Crippen LogP contribution in [0, 0.1) is 0 Å². The van der Waals surface area contributed by atoms with Crippen molar-refractivity contribution in [3.8, 4) is 0 Å². The van der Waals surface area contributed by atoms with Gasteiger partial charge in [-0.1, -0.05) is 30.3 Å². The Bertz CT molecular complexity index is 6030. The number of hydrogen-bond donors (Lipinski definition) is 0. The van der Waals surface area contributed by atoms with E-state index in [1.54, 1.807) is 0 Å². The van der Waals surface area contributed by atoms with Gasteiger partial charge in [0, 0.05) is 0 Å². The summed E-state index contributed by atoms with van der Waals surface area (Å²) in [6, 6.07) is 5.55. The van der Waals surface area contributed by atoms with Gasteiger partial charge in [-0.25, -0.2) is 135 Å². The Morgan fingerprint density at radius 3 is 0.510 bits per heavy atom. The summed E-state index contributed by atoms with van der Waals surface area (Å²) >= 11 is 0. The molecule has 5 fully saturated rings. The van der Waals surface area contributed by atoms with Crippen LogP contribution in [0.2, 0.25) is 0 Å². The van der Waals surface area contributed by atoms with Crippen molar-refractivity contribution in [3.63, 3.8) is 0 Å². The van der Waals surface area contributed by atoms with E-state index >= 15 is 0 Å². The Kier molecular flexibility index (Phi) is 90.9. The van der Waals surface area contributed by atoms with Gasteiger partial charge in [0.15, 0.2) is 55.9 Å². The van der Waals surface area contributed by atoms with Crippen molar-refractivity contribution >= 4 is 166 Å². The molecule has 0 aliphatic carbocycles. The summed E-state index contributed by atoms with van der Waals surface area (Å²) in [5.41, 5.74) is -0.241. The molecule has 0 unspecified atom stereocenters. The van der Waals surface area contributed by atoms with Gasteiger partial charge in [0.25, 0.3) is 0 Å². The summed E-state index contributed by atoms with van der Waals surface area (Å²) in [6.45, 7) is -14.0. The van der Waals surface area contributed by atoms with Crippen molar-refractivity contribution < 1.29 is 795 Å². The summed E-state index contributed by atoms with van der Waals surface area (Å²) in [5.74, 6) is 0. The van der Waals surface area contributed by atoms with Crippen molar-refractivity contribution in [3.05, 3.63) is 35.9 Å². The van der Waals surface area contributed by atoms with Crippen LogP contribution in [0.15, 0.2) is 30.3 Å². The summed E-state index contributed by atoms with van der Waals surface area (Å²) in [5, 5.41) is 0. The van der Waals surface area contributed by atoms with Gasteiger partial charge in [0.1, 0.15) is 97.7 Å². The van der Waals surface area contributed by atoms with E-state index in [0.29, 0.717) is 0 Å². The van der Waals surface area contributed by atoms with Crippen molar-refractivity contribution in [1.82, 2.24) is 0 Å². The van der Waals surface area contributed by atoms with E-state index in [1.807, 2.05) is 0 Å². The van der Waals surface area contributed by atoms with Gasteiger partial charge in [-0.3, -0.25) is 66.9 Å². The second-order valence-electron chi connectivity index (χ2n) is 23.5. The molecule has 1 aromatic rings. The molecule has 5 aliphatic rings. The van der Waals surface area contributed by atoms with E-state index in [-0.39, 0.29) is 478 Å². The molecule has 5 saturated heterocycles. The second-order valence-corrected chi connectivity index (χ2v) is 39.9. The Morgan fingerprint density at radius 2 is 0.329 bits per heavy atom. The maximum atomic E-state index is 13.2. The van der Waals surface area contributed by atoms with Crippen LogP contribution in [0.1, 0.15) is 5.56 Å². The fourth-order valence-corrected chi connectivity index (χ4v) is 18.0. The molecule has 746 valence electrons. The molecule has 0 bridgehead atoms. The molecule has 0 radical (unpaired) electrons. The predicted molar refractivity (Wildman–Crippen MR) is 333 cm³/mol. The number of ether oxygens (including phenoxy) is 10. The Balaban J connectivity index is -0.00000121. The van der Waals surface area contributed by atoms with Crippen molar-refractivity contribution in [2.45, 2.75) is 160 Å². The zero-order chi connectivity index (χ0) is 97.2. The topological polar surface area (TPSA) is 1160 Å². The summed E-state index contributed by atoms with van der Waals surface area (Å²) in [7, 11) is -111. The minimum Gasteiger partial charge on any atom is -0.726 e. The predicted octanol–water partition coefficient (Wildman–Crippen LogP) is -65.9. The number of benzene rings is 1. The zero-order valence-corrected chi connectivity index (χ0v) is 120. The quantitative estimate of drug-likeness (QED) is 0.0332. The molecule has 0 N–H and O–H groups in total. The van der Waals surface area contributed by atoms with E-state index in [1.165, 1.54) is 6.07 Å². The number of hydrogen-bond acceptors (Lipinski definition) is 74. The molecule has 0 saturated carbocycles. The maximum Gasteiger partial charge on any atom is 1.00 e. The van der Waals surface area contributed by atoms with Crippen LogP contribution < -0.4 is 473 Å². The van der Waals surface area contributed by atoms with Crippen molar-refractivity contribution in [2.75, 3.05) is 33.0 Å². The van der Waals surface area contributed by atoms with Crippen LogP contribution in [0.3, 0.4) is 0 Å². The average Bonchev–Trinajstić information content (AvgIpc) is 0.739. The molecule has 0 amide bonds. The number of rotatable bonds is 48. The van der Waals surface area contributed by atoms with Gasteiger partial charge in [0.2, 0.25) is 166 Å². The van der Waals surface area contributed by atoms with Crippen LogP contribution >= 0.6 is 0 Å². The van der Waals surface area contributed by atoms with Crippen LogP contribution in [0.5, 0.6) is 0 Å². The fraction of sp³-hybridized carbons (Fsp3) is 0.838. The molecular formula is C37H42Na16O74S16. The van der Waals surface area contributed by atoms with Gasteiger partial charge in [-0.2, -0.15) is 0 Å². The molecule has 74 nitrogen and oxygen atoms in total. The monoisotopic (exact) mass is 2550 g/mol. The molecule has 1 aromatic carbocycles. The van der Waals surface area contributed by atoms with Gasteiger partial charge in [-0.05, 0) is 5.56 Å². The molecule has 0 aromatic heterocycles. The summed E-state index contributed by atoms with van der Waals surface area (Å²) in [4.78, 5) is 0. The summed E-state index contributed by atoms with van der Waals surface area (Å²) in [6.07, 6.45) is -100. The van der Waals surface area contributed by atoms with Gasteiger partial charge in [0.05, 0.1) is 39.6 Å². The van der Waals surface area contributed by atoms with Gasteiger partial charge < -0.3 is 120 Å². The normalized spacial score (nSPS) is 28.5. The largest absolute Gasteiger partial charge is 1.00 e. The van der Waals surface area contributed by atoms with E-state index in [0.717, 1.165) is 24.3 Å². The molecule has 0 spiro atoms. The molecule has 143 heavy (non-hydrogen) atoms. The Morgan fingerprint density at radius 1 is 0.182 bits per heavy atom. The third kappa shape index (κ3) is 70.2.